The van der Waals surface area contributed by atoms with E-state index in [-0.39, 0.29) is 5.97 Å². The van der Waals surface area contributed by atoms with Crippen LogP contribution in [0.5, 0.6) is 5.75 Å². The van der Waals surface area contributed by atoms with Crippen LogP contribution in [0.4, 0.5) is 5.69 Å². The number of rotatable bonds is 9. The van der Waals surface area contributed by atoms with Gasteiger partial charge in [0.1, 0.15) is 13.8 Å². The normalized spacial score (nSPS) is 10.7. The van der Waals surface area contributed by atoms with E-state index in [0.717, 1.165) is 30.1 Å². The molecule has 0 aromatic heterocycles. The van der Waals surface area contributed by atoms with Crippen LogP contribution in [0.3, 0.4) is 0 Å². The van der Waals surface area contributed by atoms with Gasteiger partial charge in [-0.3, -0.25) is 4.79 Å². The van der Waals surface area contributed by atoms with Crippen molar-refractivity contribution in [2.24, 2.45) is 0 Å². The fourth-order valence-corrected chi connectivity index (χ4v) is 2.94. The van der Waals surface area contributed by atoms with Gasteiger partial charge in [-0.05, 0) is 45.4 Å². The topological polar surface area (TPSA) is 38.8 Å². The molecule has 0 fully saturated rings. The van der Waals surface area contributed by atoms with E-state index >= 15 is 0 Å². The molecule has 0 radical (unpaired) electrons. The lowest BCUT2D eigenvalue weighted by atomic mass is 10.1. The largest absolute Gasteiger partial charge is 0.491 e. The molecule has 0 N–H and O–H groups in total. The van der Waals surface area contributed by atoms with Crippen molar-refractivity contribution in [1.82, 2.24) is 0 Å². The van der Waals surface area contributed by atoms with Crippen molar-refractivity contribution in [3.05, 3.63) is 23.8 Å². The maximum atomic E-state index is 11.4. The van der Waals surface area contributed by atoms with Gasteiger partial charge in [-0.25, -0.2) is 0 Å². The maximum Gasteiger partial charge on any atom is 0.305 e. The molecule has 4 nitrogen and oxygen atoms in total. The molecule has 0 aliphatic heterocycles. The fraction of sp³-hybridized carbons (Fsp3) is 0.571. The first-order valence-corrected chi connectivity index (χ1v) is 13.0. The van der Waals surface area contributed by atoms with Crippen LogP contribution in [-0.2, 0) is 9.53 Å². The first-order valence-electron chi connectivity index (χ1n) is 9.51. The van der Waals surface area contributed by atoms with Crippen molar-refractivity contribution in [2.75, 3.05) is 31.2 Å². The van der Waals surface area contributed by atoms with Gasteiger partial charge in [0.15, 0.2) is 0 Å². The van der Waals surface area contributed by atoms with Gasteiger partial charge in [0, 0.05) is 25.1 Å². The van der Waals surface area contributed by atoms with Gasteiger partial charge < -0.3 is 14.4 Å². The highest BCUT2D eigenvalue weighted by molar-refractivity contribution is 6.83. The lowest BCUT2D eigenvalue weighted by molar-refractivity contribution is -0.143. The third-order valence-corrected chi connectivity index (χ3v) is 4.61. The zero-order valence-electron chi connectivity index (χ0n) is 17.1. The molecule has 1 aromatic rings. The molecular formula is C21H33NO3Si. The molecule has 5 heteroatoms. The minimum Gasteiger partial charge on any atom is -0.491 e. The molecule has 144 valence electrons. The van der Waals surface area contributed by atoms with E-state index in [1.54, 1.807) is 0 Å². The third-order valence-electron chi connectivity index (χ3n) is 3.73. The monoisotopic (exact) mass is 375 g/mol. The number of ether oxygens (including phenoxy) is 2. The number of hydrogen-bond acceptors (Lipinski definition) is 4. The van der Waals surface area contributed by atoms with Crippen molar-refractivity contribution in [2.45, 2.75) is 53.3 Å². The van der Waals surface area contributed by atoms with E-state index in [4.69, 9.17) is 9.47 Å². The van der Waals surface area contributed by atoms with E-state index in [1.165, 1.54) is 0 Å². The lowest BCUT2D eigenvalue weighted by Gasteiger charge is -2.24. The third kappa shape index (κ3) is 7.96. The Hall–Kier alpha value is -1.93. The highest BCUT2D eigenvalue weighted by Crippen LogP contribution is 2.29. The molecule has 1 rings (SSSR count). The second-order valence-electron chi connectivity index (χ2n) is 7.11. The molecule has 0 spiro atoms. The fourth-order valence-electron chi connectivity index (χ4n) is 2.42. The molecule has 0 amide bonds. The zero-order chi connectivity index (χ0) is 19.6. The van der Waals surface area contributed by atoms with E-state index < -0.39 is 8.07 Å². The van der Waals surface area contributed by atoms with Gasteiger partial charge >= 0.3 is 5.97 Å². The van der Waals surface area contributed by atoms with Crippen molar-refractivity contribution < 1.29 is 14.3 Å². The van der Waals surface area contributed by atoms with Crippen LogP contribution in [0.2, 0.25) is 19.6 Å². The number of hydrogen-bond donors (Lipinski definition) is 0. The summed E-state index contributed by atoms with van der Waals surface area (Å²) in [5, 5.41) is 0. The van der Waals surface area contributed by atoms with Crippen LogP contribution in [0.15, 0.2) is 18.2 Å². The number of benzene rings is 1. The van der Waals surface area contributed by atoms with E-state index in [9.17, 15) is 4.79 Å². The minimum absolute atomic E-state index is 0.169. The summed E-state index contributed by atoms with van der Waals surface area (Å²) in [4.78, 5) is 13.7. The smallest absolute Gasteiger partial charge is 0.305 e. The molecule has 26 heavy (non-hydrogen) atoms. The highest BCUT2D eigenvalue weighted by Gasteiger charge is 2.12. The minimum atomic E-state index is -1.41. The summed E-state index contributed by atoms with van der Waals surface area (Å²) in [7, 11) is -1.41. The summed E-state index contributed by atoms with van der Waals surface area (Å²) in [5.74, 6) is 3.99. The molecular weight excluding hydrogens is 342 g/mol. The van der Waals surface area contributed by atoms with E-state index in [0.29, 0.717) is 26.1 Å². The molecule has 0 aliphatic carbocycles. The van der Waals surface area contributed by atoms with Crippen LogP contribution < -0.4 is 9.64 Å². The molecule has 1 aromatic carbocycles. The molecule has 0 heterocycles. The predicted octanol–water partition coefficient (Wildman–Crippen LogP) is 4.48. The quantitative estimate of drug-likeness (QED) is 0.276. The number of esters is 1. The zero-order valence-corrected chi connectivity index (χ0v) is 18.1. The van der Waals surface area contributed by atoms with Gasteiger partial charge in [-0.15, -0.1) is 5.54 Å². The Bertz CT molecular complexity index is 637. The molecule has 0 atom stereocenters. The average molecular weight is 376 g/mol. The summed E-state index contributed by atoms with van der Waals surface area (Å²) in [6, 6.07) is 6.12. The molecule has 0 aliphatic rings. The predicted molar refractivity (Wildman–Crippen MR) is 112 cm³/mol. The SMILES string of the molecule is CCOC(=O)CCCOc1ccc(C#C[Si](C)(C)C)cc1N(CC)CC. The standard InChI is InChI=1S/C21H33NO3Si/c1-7-22(8-2)19-17-18(14-16-26(4,5)6)12-13-20(19)25-15-10-11-21(23)24-9-3/h12-13,17H,7-11,15H2,1-6H3. The number of nitrogens with zero attached hydrogens (tertiary/aromatic N) is 1. The Morgan fingerprint density at radius 3 is 2.42 bits per heavy atom. The number of carbonyl (C=O) groups is 1. The van der Waals surface area contributed by atoms with Crippen LogP contribution in [0.25, 0.3) is 0 Å². The van der Waals surface area contributed by atoms with Gasteiger partial charge in [0.25, 0.3) is 0 Å². The van der Waals surface area contributed by atoms with Crippen molar-refractivity contribution in [3.8, 4) is 17.2 Å². The van der Waals surface area contributed by atoms with Crippen LogP contribution >= 0.6 is 0 Å². The van der Waals surface area contributed by atoms with Gasteiger partial charge in [-0.2, -0.15) is 0 Å². The van der Waals surface area contributed by atoms with Crippen molar-refractivity contribution in [3.63, 3.8) is 0 Å². The van der Waals surface area contributed by atoms with E-state index in [1.807, 2.05) is 19.1 Å². The average Bonchev–Trinajstić information content (AvgIpc) is 2.58. The Morgan fingerprint density at radius 1 is 1.15 bits per heavy atom. The van der Waals surface area contributed by atoms with Gasteiger partial charge in [0.05, 0.1) is 18.9 Å². The van der Waals surface area contributed by atoms with Gasteiger partial charge in [0.2, 0.25) is 0 Å². The lowest BCUT2D eigenvalue weighted by Crippen LogP contribution is -2.23. The Labute approximate surface area is 159 Å². The summed E-state index contributed by atoms with van der Waals surface area (Å²) >= 11 is 0. The first-order chi connectivity index (χ1) is 12.3. The van der Waals surface area contributed by atoms with Crippen LogP contribution in [0, 0.1) is 11.5 Å². The second kappa shape index (κ2) is 10.9. The number of carbonyl (C=O) groups excluding carboxylic acids is 1. The Morgan fingerprint density at radius 2 is 1.85 bits per heavy atom. The van der Waals surface area contributed by atoms with Crippen LogP contribution in [0.1, 0.15) is 39.2 Å². The second-order valence-corrected chi connectivity index (χ2v) is 11.9. The Balaban J connectivity index is 2.89. The summed E-state index contributed by atoms with van der Waals surface area (Å²) in [6.45, 7) is 15.5. The van der Waals surface area contributed by atoms with Gasteiger partial charge in [-0.1, -0.05) is 25.6 Å². The molecule has 0 unspecified atom stereocenters. The van der Waals surface area contributed by atoms with Crippen LogP contribution in [-0.4, -0.2) is 40.3 Å². The highest BCUT2D eigenvalue weighted by atomic mass is 28.3. The Kier molecular flexibility index (Phi) is 9.29. The first kappa shape index (κ1) is 22.1. The van der Waals surface area contributed by atoms with Crippen molar-refractivity contribution in [1.29, 1.82) is 0 Å². The molecule has 0 saturated carbocycles. The molecule has 0 bridgehead atoms. The maximum absolute atomic E-state index is 11.4. The number of anilines is 1. The summed E-state index contributed by atoms with van der Waals surface area (Å²) in [6.07, 6.45) is 1.03. The summed E-state index contributed by atoms with van der Waals surface area (Å²) < 4.78 is 10.9. The van der Waals surface area contributed by atoms with E-state index in [2.05, 4.69) is 55.9 Å². The van der Waals surface area contributed by atoms with Crippen molar-refractivity contribution >= 4 is 19.7 Å². The summed E-state index contributed by atoms with van der Waals surface area (Å²) in [5.41, 5.74) is 5.50. The molecule has 0 saturated heterocycles.